The summed E-state index contributed by atoms with van der Waals surface area (Å²) in [5, 5.41) is 0. The molecule has 4 nitrogen and oxygen atoms in total. The first-order valence-corrected chi connectivity index (χ1v) is 9.26. The van der Waals surface area contributed by atoms with Crippen LogP contribution in [0.25, 0.3) is 0 Å². The third-order valence-electron chi connectivity index (χ3n) is 6.50. The Morgan fingerprint density at radius 1 is 1.14 bits per heavy atom. The second kappa shape index (κ2) is 7.31. The first kappa shape index (κ1) is 17.7. The maximum absolute atomic E-state index is 12.2. The fourth-order valence-electron chi connectivity index (χ4n) is 4.43. The summed E-state index contributed by atoms with van der Waals surface area (Å²) in [6.07, 6.45) is 6.55. The van der Waals surface area contributed by atoms with Gasteiger partial charge in [-0.15, -0.1) is 0 Å². The summed E-state index contributed by atoms with van der Waals surface area (Å²) in [6, 6.07) is 0.716. The van der Waals surface area contributed by atoms with E-state index in [-0.39, 0.29) is 5.97 Å². The molecule has 1 unspecified atom stereocenters. The lowest BCUT2D eigenvalue weighted by atomic mass is 9.82. The summed E-state index contributed by atoms with van der Waals surface area (Å²) in [5.41, 5.74) is 0. The first-order valence-electron chi connectivity index (χ1n) is 9.26. The van der Waals surface area contributed by atoms with Crippen molar-refractivity contribution in [1.82, 2.24) is 0 Å². The maximum Gasteiger partial charge on any atom is 0.361 e. The zero-order chi connectivity index (χ0) is 16.2. The van der Waals surface area contributed by atoms with Gasteiger partial charge < -0.3 is 13.7 Å². The zero-order valence-electron chi connectivity index (χ0n) is 15.1. The lowest BCUT2D eigenvalue weighted by molar-refractivity contribution is -0.947. The van der Waals surface area contributed by atoms with Gasteiger partial charge in [0.05, 0.1) is 52.9 Å². The van der Waals surface area contributed by atoms with E-state index >= 15 is 0 Å². The Kier molecular flexibility index (Phi) is 5.89. The number of esters is 1. The molecule has 4 heteroatoms. The molecular formula is C18H36N2O2+2. The molecule has 0 aromatic rings. The molecule has 0 spiro atoms. The van der Waals surface area contributed by atoms with Crippen LogP contribution in [0, 0.1) is 5.92 Å². The number of carbonyl (C=O) groups excluding carboxylic acids is 1. The molecule has 0 saturated carbocycles. The van der Waals surface area contributed by atoms with Crippen LogP contribution in [-0.4, -0.2) is 74.4 Å². The normalized spacial score (nSPS) is 32.4. The summed E-state index contributed by atoms with van der Waals surface area (Å²) in [5.74, 6) is 0.562. The van der Waals surface area contributed by atoms with E-state index in [1.165, 1.54) is 49.7 Å². The molecule has 0 aliphatic carbocycles. The largest absolute Gasteiger partial charge is 0.461 e. The molecule has 0 N–H and O–H groups in total. The van der Waals surface area contributed by atoms with Gasteiger partial charge in [-0.05, 0) is 39.5 Å². The van der Waals surface area contributed by atoms with Crippen LogP contribution >= 0.6 is 0 Å². The van der Waals surface area contributed by atoms with Crippen molar-refractivity contribution in [2.75, 3.05) is 53.4 Å². The van der Waals surface area contributed by atoms with Crippen molar-refractivity contribution in [3.8, 4) is 0 Å². The molecule has 0 radical (unpaired) electrons. The Labute approximate surface area is 136 Å². The van der Waals surface area contributed by atoms with Gasteiger partial charge in [-0.2, -0.15) is 0 Å². The van der Waals surface area contributed by atoms with E-state index in [0.717, 1.165) is 17.6 Å². The number of rotatable bonds is 6. The van der Waals surface area contributed by atoms with Crippen LogP contribution in [0.5, 0.6) is 0 Å². The summed E-state index contributed by atoms with van der Waals surface area (Å²) in [6.45, 7) is 10.0. The van der Waals surface area contributed by atoms with Gasteiger partial charge in [-0.25, -0.2) is 4.79 Å². The van der Waals surface area contributed by atoms with Gasteiger partial charge in [0.2, 0.25) is 0 Å². The molecular weight excluding hydrogens is 276 g/mol. The molecule has 2 aliphatic heterocycles. The second-order valence-corrected chi connectivity index (χ2v) is 7.99. The minimum atomic E-state index is -0.0122. The second-order valence-electron chi connectivity index (χ2n) is 7.99. The predicted molar refractivity (Wildman–Crippen MR) is 89.4 cm³/mol. The lowest BCUT2D eigenvalue weighted by Crippen LogP contribution is -2.61. The smallest absolute Gasteiger partial charge is 0.361 e. The fraction of sp³-hybridized carbons (Fsp3) is 0.944. The molecule has 128 valence electrons. The highest BCUT2D eigenvalue weighted by molar-refractivity contribution is 5.70. The summed E-state index contributed by atoms with van der Waals surface area (Å²) in [7, 11) is 4.55. The number of piperidine rings is 2. The SMILES string of the molecule is CC[N+](C)(CC)CC(=O)OC[C@@H]1CCC[N+]2(C)CCCC[C@H]12. The highest BCUT2D eigenvalue weighted by Crippen LogP contribution is 2.36. The van der Waals surface area contributed by atoms with E-state index in [1.54, 1.807) is 0 Å². The first-order chi connectivity index (χ1) is 10.4. The van der Waals surface area contributed by atoms with Crippen molar-refractivity contribution in [3.05, 3.63) is 0 Å². The average molecular weight is 312 g/mol. The van der Waals surface area contributed by atoms with Crippen LogP contribution in [-0.2, 0) is 9.53 Å². The molecule has 0 aromatic carbocycles. The standard InChI is InChI=1S/C18H36N2O2/c1-5-19(3,6-2)14-18(21)22-15-16-10-9-13-20(4)12-8-7-11-17(16)20/h16-17H,5-15H2,1-4H3/q+2/t16-,17+,20?/m0/s1. The van der Waals surface area contributed by atoms with E-state index in [1.807, 2.05) is 0 Å². The van der Waals surface area contributed by atoms with Gasteiger partial charge in [0, 0.05) is 12.3 Å². The molecule has 2 rings (SSSR count). The van der Waals surface area contributed by atoms with E-state index in [9.17, 15) is 4.79 Å². The zero-order valence-corrected chi connectivity index (χ0v) is 15.1. The van der Waals surface area contributed by atoms with Crippen molar-refractivity contribution >= 4 is 5.97 Å². The van der Waals surface area contributed by atoms with Gasteiger partial charge in [0.15, 0.2) is 6.54 Å². The number of hydrogen-bond donors (Lipinski definition) is 0. The van der Waals surface area contributed by atoms with Crippen LogP contribution in [0.1, 0.15) is 46.0 Å². The van der Waals surface area contributed by atoms with E-state index in [2.05, 4.69) is 27.9 Å². The fourth-order valence-corrected chi connectivity index (χ4v) is 4.43. The van der Waals surface area contributed by atoms with Crippen LogP contribution < -0.4 is 0 Å². The third kappa shape index (κ3) is 4.02. The molecule has 0 amide bonds. The summed E-state index contributed by atoms with van der Waals surface area (Å²) in [4.78, 5) is 12.2. The summed E-state index contributed by atoms with van der Waals surface area (Å²) < 4.78 is 7.71. The minimum Gasteiger partial charge on any atom is -0.461 e. The highest BCUT2D eigenvalue weighted by atomic mass is 16.5. The van der Waals surface area contributed by atoms with Crippen LogP contribution in [0.3, 0.4) is 0 Å². The molecule has 0 aromatic heterocycles. The van der Waals surface area contributed by atoms with E-state index in [4.69, 9.17) is 4.74 Å². The van der Waals surface area contributed by atoms with E-state index in [0.29, 0.717) is 25.1 Å². The van der Waals surface area contributed by atoms with Crippen molar-refractivity contribution < 1.29 is 18.5 Å². The number of likely N-dealkylation sites (N-methyl/N-ethyl adjacent to an activating group) is 1. The number of nitrogens with zero attached hydrogens (tertiary/aromatic N) is 2. The van der Waals surface area contributed by atoms with Crippen LogP contribution in [0.2, 0.25) is 0 Å². The van der Waals surface area contributed by atoms with Crippen molar-refractivity contribution in [3.63, 3.8) is 0 Å². The van der Waals surface area contributed by atoms with Crippen molar-refractivity contribution in [1.29, 1.82) is 0 Å². The molecule has 2 aliphatic rings. The Bertz CT molecular complexity index is 377. The van der Waals surface area contributed by atoms with Crippen molar-refractivity contribution in [2.24, 2.45) is 5.92 Å². The molecule has 3 atom stereocenters. The van der Waals surface area contributed by atoms with E-state index < -0.39 is 0 Å². The molecule has 0 bridgehead atoms. The Morgan fingerprint density at radius 3 is 2.50 bits per heavy atom. The van der Waals surface area contributed by atoms with Gasteiger partial charge in [0.25, 0.3) is 0 Å². The predicted octanol–water partition coefficient (Wildman–Crippen LogP) is 2.43. The maximum atomic E-state index is 12.2. The van der Waals surface area contributed by atoms with Crippen LogP contribution in [0.15, 0.2) is 0 Å². The highest BCUT2D eigenvalue weighted by Gasteiger charge is 2.44. The number of hydrogen-bond acceptors (Lipinski definition) is 2. The number of quaternary nitrogens is 2. The van der Waals surface area contributed by atoms with Crippen LogP contribution in [0.4, 0.5) is 0 Å². The molecule has 2 heterocycles. The monoisotopic (exact) mass is 312 g/mol. The van der Waals surface area contributed by atoms with Gasteiger partial charge in [-0.1, -0.05) is 0 Å². The summed E-state index contributed by atoms with van der Waals surface area (Å²) >= 11 is 0. The minimum absolute atomic E-state index is 0.0122. The number of ether oxygens (including phenoxy) is 1. The molecule has 2 fully saturated rings. The Balaban J connectivity index is 1.86. The lowest BCUT2D eigenvalue weighted by Gasteiger charge is -2.51. The molecule has 2 saturated heterocycles. The Hall–Kier alpha value is -0.610. The van der Waals surface area contributed by atoms with Gasteiger partial charge in [0.1, 0.15) is 0 Å². The third-order valence-corrected chi connectivity index (χ3v) is 6.50. The molecule has 22 heavy (non-hydrogen) atoms. The quantitative estimate of drug-likeness (QED) is 0.556. The van der Waals surface area contributed by atoms with Crippen molar-refractivity contribution in [2.45, 2.75) is 52.0 Å². The number of fused-ring (bicyclic) bond motifs is 1. The Morgan fingerprint density at radius 2 is 1.82 bits per heavy atom. The topological polar surface area (TPSA) is 26.3 Å². The van der Waals surface area contributed by atoms with Gasteiger partial charge in [-0.3, -0.25) is 0 Å². The number of carbonyl (C=O) groups is 1. The average Bonchev–Trinajstić information content (AvgIpc) is 2.52. The van der Waals surface area contributed by atoms with Gasteiger partial charge >= 0.3 is 5.97 Å².